The highest BCUT2D eigenvalue weighted by molar-refractivity contribution is 6.22. The van der Waals surface area contributed by atoms with Crippen molar-refractivity contribution in [2.24, 2.45) is 0 Å². The van der Waals surface area contributed by atoms with Crippen LogP contribution in [0, 0.1) is 0 Å². The van der Waals surface area contributed by atoms with Crippen LogP contribution in [0.2, 0.25) is 0 Å². The molecule has 3 aliphatic carbocycles. The summed E-state index contributed by atoms with van der Waals surface area (Å²) >= 11 is 0. The van der Waals surface area contributed by atoms with Crippen molar-refractivity contribution in [2.75, 3.05) is 0 Å². The molecule has 0 saturated heterocycles. The summed E-state index contributed by atoms with van der Waals surface area (Å²) in [4.78, 5) is 0. The maximum absolute atomic E-state index is 2.45. The lowest BCUT2D eigenvalue weighted by Crippen LogP contribution is -2.26. The average molecular weight is 743 g/mol. The Kier molecular flexibility index (Phi) is 6.05. The van der Waals surface area contributed by atoms with Gasteiger partial charge in [-0.3, -0.25) is 0 Å². The molecular formula is C59H34. The molecule has 0 saturated carbocycles. The molecule has 0 fully saturated rings. The van der Waals surface area contributed by atoms with Crippen LogP contribution in [0.3, 0.4) is 0 Å². The van der Waals surface area contributed by atoms with E-state index in [4.69, 9.17) is 0 Å². The van der Waals surface area contributed by atoms with Gasteiger partial charge in [0.1, 0.15) is 0 Å². The van der Waals surface area contributed by atoms with Gasteiger partial charge in [-0.25, -0.2) is 0 Å². The summed E-state index contributed by atoms with van der Waals surface area (Å²) in [5.41, 5.74) is 20.8. The van der Waals surface area contributed by atoms with Crippen LogP contribution in [0.25, 0.3) is 110 Å². The zero-order valence-electron chi connectivity index (χ0n) is 32.1. The Hall–Kier alpha value is -7.54. The molecule has 11 aromatic rings. The maximum atomic E-state index is 2.45. The summed E-state index contributed by atoms with van der Waals surface area (Å²) in [5.74, 6) is 0. The van der Waals surface area contributed by atoms with Crippen LogP contribution in [-0.2, 0) is 5.41 Å². The van der Waals surface area contributed by atoms with Crippen molar-refractivity contribution < 1.29 is 0 Å². The fraction of sp³-hybridized carbons (Fsp3) is 0.0169. The van der Waals surface area contributed by atoms with Gasteiger partial charge in [0.15, 0.2) is 0 Å². The van der Waals surface area contributed by atoms with E-state index in [2.05, 4.69) is 206 Å². The minimum absolute atomic E-state index is 0.483. The van der Waals surface area contributed by atoms with Crippen LogP contribution in [0.1, 0.15) is 22.3 Å². The van der Waals surface area contributed by atoms with Crippen LogP contribution in [0.5, 0.6) is 0 Å². The SMILES string of the molecule is c1ccc(-c2ccc3c4c(cccc24)-c2ccccc2-3)c(-c2ccc3c4c(ccc3c2)-c2c(c3ccccc3c3ccccc23)C42c3ccccc3-c3ccccc32)c1. The highest BCUT2D eigenvalue weighted by Gasteiger charge is 2.53. The Balaban J connectivity index is 1.05. The van der Waals surface area contributed by atoms with Gasteiger partial charge < -0.3 is 0 Å². The van der Waals surface area contributed by atoms with Gasteiger partial charge in [-0.1, -0.05) is 200 Å². The predicted octanol–water partition coefficient (Wildman–Crippen LogP) is 15.6. The number of rotatable bonds is 2. The molecule has 0 atom stereocenters. The van der Waals surface area contributed by atoms with Crippen LogP contribution in [-0.4, -0.2) is 0 Å². The number of fused-ring (bicyclic) bond motifs is 20. The molecule has 11 aromatic carbocycles. The summed E-state index contributed by atoms with van der Waals surface area (Å²) in [5, 5.41) is 10.5. The molecule has 59 heavy (non-hydrogen) atoms. The first kappa shape index (κ1) is 31.5. The third-order valence-electron chi connectivity index (χ3n) is 14.0. The zero-order chi connectivity index (χ0) is 38.4. The van der Waals surface area contributed by atoms with E-state index in [1.54, 1.807) is 0 Å². The van der Waals surface area contributed by atoms with E-state index in [-0.39, 0.29) is 0 Å². The van der Waals surface area contributed by atoms with Crippen LogP contribution < -0.4 is 0 Å². The predicted molar refractivity (Wildman–Crippen MR) is 248 cm³/mol. The molecule has 14 rings (SSSR count). The largest absolute Gasteiger partial charge is 0.0737 e. The summed E-state index contributed by atoms with van der Waals surface area (Å²) < 4.78 is 0. The Morgan fingerprint density at radius 2 is 0.746 bits per heavy atom. The summed E-state index contributed by atoms with van der Waals surface area (Å²) in [7, 11) is 0. The van der Waals surface area contributed by atoms with Gasteiger partial charge in [-0.15, -0.1) is 0 Å². The molecule has 0 nitrogen and oxygen atoms in total. The summed E-state index contributed by atoms with van der Waals surface area (Å²) in [6, 6.07) is 78.0. The maximum Gasteiger partial charge on any atom is 0.0737 e. The smallest absolute Gasteiger partial charge is 0.0619 e. The van der Waals surface area contributed by atoms with Crippen molar-refractivity contribution in [3.05, 3.63) is 229 Å². The van der Waals surface area contributed by atoms with E-state index in [1.165, 1.54) is 132 Å². The molecule has 0 unspecified atom stereocenters. The number of benzene rings is 11. The Labute approximate surface area is 342 Å². The Morgan fingerprint density at radius 3 is 1.46 bits per heavy atom. The highest BCUT2D eigenvalue weighted by atomic mass is 14.5. The second kappa shape index (κ2) is 11.3. The van der Waals surface area contributed by atoms with Gasteiger partial charge in [0.05, 0.1) is 5.41 Å². The van der Waals surface area contributed by atoms with E-state index in [9.17, 15) is 0 Å². The van der Waals surface area contributed by atoms with Gasteiger partial charge in [0.2, 0.25) is 0 Å². The molecule has 0 aromatic heterocycles. The van der Waals surface area contributed by atoms with Crippen molar-refractivity contribution in [3.63, 3.8) is 0 Å². The van der Waals surface area contributed by atoms with Crippen LogP contribution in [0.4, 0.5) is 0 Å². The first-order valence-corrected chi connectivity index (χ1v) is 20.8. The van der Waals surface area contributed by atoms with Crippen molar-refractivity contribution in [2.45, 2.75) is 5.41 Å². The van der Waals surface area contributed by atoms with Crippen molar-refractivity contribution >= 4 is 43.1 Å². The van der Waals surface area contributed by atoms with Gasteiger partial charge in [-0.2, -0.15) is 0 Å². The van der Waals surface area contributed by atoms with Crippen molar-refractivity contribution in [3.8, 4) is 66.8 Å². The summed E-state index contributed by atoms with van der Waals surface area (Å²) in [6.07, 6.45) is 0. The third kappa shape index (κ3) is 3.85. The topological polar surface area (TPSA) is 0 Å². The van der Waals surface area contributed by atoms with E-state index < -0.39 is 5.41 Å². The lowest BCUT2D eigenvalue weighted by molar-refractivity contribution is 0.809. The van der Waals surface area contributed by atoms with Crippen LogP contribution >= 0.6 is 0 Å². The third-order valence-corrected chi connectivity index (χ3v) is 14.0. The minimum atomic E-state index is -0.483. The van der Waals surface area contributed by atoms with E-state index in [0.29, 0.717) is 0 Å². The average Bonchev–Trinajstić information content (AvgIpc) is 3.92. The van der Waals surface area contributed by atoms with Gasteiger partial charge in [0.25, 0.3) is 0 Å². The zero-order valence-corrected chi connectivity index (χ0v) is 32.1. The van der Waals surface area contributed by atoms with Crippen molar-refractivity contribution in [1.82, 2.24) is 0 Å². The van der Waals surface area contributed by atoms with Gasteiger partial charge in [0, 0.05) is 0 Å². The minimum Gasteiger partial charge on any atom is -0.0619 e. The first-order valence-electron chi connectivity index (χ1n) is 20.8. The molecule has 0 aliphatic heterocycles. The molecule has 0 radical (unpaired) electrons. The normalized spacial score (nSPS) is 13.6. The molecule has 270 valence electrons. The van der Waals surface area contributed by atoms with E-state index in [1.807, 2.05) is 0 Å². The summed E-state index contributed by atoms with van der Waals surface area (Å²) in [6.45, 7) is 0. The molecule has 0 heteroatoms. The molecule has 1 spiro atoms. The van der Waals surface area contributed by atoms with Crippen LogP contribution in [0.15, 0.2) is 206 Å². The fourth-order valence-electron chi connectivity index (χ4n) is 11.8. The quantitative estimate of drug-likeness (QED) is 0.155. The monoisotopic (exact) mass is 742 g/mol. The van der Waals surface area contributed by atoms with Crippen molar-refractivity contribution in [1.29, 1.82) is 0 Å². The molecule has 0 bridgehead atoms. The second-order valence-corrected chi connectivity index (χ2v) is 16.6. The number of hydrogen-bond acceptors (Lipinski definition) is 0. The molecule has 0 amide bonds. The second-order valence-electron chi connectivity index (χ2n) is 16.6. The molecule has 3 aliphatic rings. The van der Waals surface area contributed by atoms with E-state index in [0.717, 1.165) is 0 Å². The van der Waals surface area contributed by atoms with Gasteiger partial charge in [-0.05, 0) is 138 Å². The van der Waals surface area contributed by atoms with E-state index >= 15 is 0 Å². The lowest BCUT2D eigenvalue weighted by Gasteiger charge is -2.32. The van der Waals surface area contributed by atoms with Gasteiger partial charge >= 0.3 is 0 Å². The molecular weight excluding hydrogens is 709 g/mol. The standard InChI is InChI=1S/C59H34/c1-2-15-39(44-32-33-50-41-17-4-3-16-40(41)47-24-13-25-48(44)55(47)50)37(14-1)35-28-30-38-36(34-35)29-31-52-56-49-22-7-5-18-42(49)43-19-6-8-23-51(43)58(56)59(57(38)52)53-26-11-9-20-45(53)46-21-10-12-27-54(46)59/h1-34H. The Bertz CT molecular complexity index is 3600. The molecule has 0 heterocycles. The first-order chi connectivity index (χ1) is 29.3. The molecule has 0 N–H and O–H groups in total. The lowest BCUT2D eigenvalue weighted by atomic mass is 9.68. The fourth-order valence-corrected chi connectivity index (χ4v) is 11.8. The Morgan fingerprint density at radius 1 is 0.254 bits per heavy atom. The highest BCUT2D eigenvalue weighted by Crippen LogP contribution is 2.66. The number of hydrogen-bond donors (Lipinski definition) is 0.